The molecule has 2 rings (SSSR count). The lowest BCUT2D eigenvalue weighted by Crippen LogP contribution is -1.86. The summed E-state index contributed by atoms with van der Waals surface area (Å²) in [6, 6.07) is 3.42. The molecule has 0 radical (unpaired) electrons. The fourth-order valence-electron chi connectivity index (χ4n) is 1.25. The fraction of sp³-hybridized carbons (Fsp3) is 0. The lowest BCUT2D eigenvalue weighted by atomic mass is 10.2. The van der Waals surface area contributed by atoms with Gasteiger partial charge in [-0.15, -0.1) is 0 Å². The van der Waals surface area contributed by atoms with Crippen LogP contribution in [0, 0.1) is 5.82 Å². The molecule has 0 saturated carbocycles. The minimum atomic E-state index is -0.376. The van der Waals surface area contributed by atoms with Gasteiger partial charge in [0.1, 0.15) is 0 Å². The minimum Gasteiger partial charge on any atom is -0.279 e. The predicted molar refractivity (Wildman–Crippen MR) is 71.6 cm³/mol. The summed E-state index contributed by atoms with van der Waals surface area (Å²) in [5.41, 5.74) is 0.517. The highest BCUT2D eigenvalue weighted by Crippen LogP contribution is 2.35. The molecule has 1 aromatic heterocycles. The SMILES string of the molecule is Fc1c(Cl)cc(Br)c2ccn(SI)c12. The lowest BCUT2D eigenvalue weighted by molar-refractivity contribution is 0.637. The predicted octanol–water partition coefficient (Wildman–Crippen LogP) is 5.04. The smallest absolute Gasteiger partial charge is 0.166 e. The molecule has 2 aromatic rings. The molecule has 0 saturated heterocycles. The Morgan fingerprint density at radius 1 is 1.57 bits per heavy atom. The van der Waals surface area contributed by atoms with E-state index in [-0.39, 0.29) is 10.8 Å². The maximum Gasteiger partial charge on any atom is 0.166 e. The van der Waals surface area contributed by atoms with Gasteiger partial charge >= 0.3 is 0 Å². The van der Waals surface area contributed by atoms with Crippen molar-refractivity contribution in [1.82, 2.24) is 3.97 Å². The summed E-state index contributed by atoms with van der Waals surface area (Å²) < 4.78 is 16.2. The van der Waals surface area contributed by atoms with Crippen molar-refractivity contribution in [3.8, 4) is 0 Å². The van der Waals surface area contributed by atoms with Crippen molar-refractivity contribution in [3.05, 3.63) is 33.6 Å². The topological polar surface area (TPSA) is 4.93 Å². The van der Waals surface area contributed by atoms with Crippen molar-refractivity contribution in [2.75, 3.05) is 0 Å². The van der Waals surface area contributed by atoms with Crippen LogP contribution in [0.1, 0.15) is 0 Å². The average Bonchev–Trinajstić information content (AvgIpc) is 2.58. The third-order valence-electron chi connectivity index (χ3n) is 1.85. The maximum absolute atomic E-state index is 13.7. The zero-order valence-corrected chi connectivity index (χ0v) is 11.9. The molecule has 0 fully saturated rings. The number of hydrogen-bond acceptors (Lipinski definition) is 1. The van der Waals surface area contributed by atoms with Gasteiger partial charge in [0.2, 0.25) is 0 Å². The van der Waals surface area contributed by atoms with Crippen LogP contribution in [-0.4, -0.2) is 3.97 Å². The molecule has 1 heterocycles. The standard InChI is InChI=1S/C8H3BrClFINS/c9-5-3-6(10)7(11)8-4(5)1-2-13(8)14-12/h1-3H. The third kappa shape index (κ3) is 1.68. The summed E-state index contributed by atoms with van der Waals surface area (Å²) in [6.07, 6.45) is 1.81. The quantitative estimate of drug-likeness (QED) is 0.474. The van der Waals surface area contributed by atoms with Gasteiger partial charge in [-0.3, -0.25) is 3.97 Å². The Morgan fingerprint density at radius 3 is 2.93 bits per heavy atom. The van der Waals surface area contributed by atoms with Gasteiger partial charge in [-0.1, -0.05) is 27.5 Å². The molecule has 0 unspecified atom stereocenters. The van der Waals surface area contributed by atoms with Crippen molar-refractivity contribution < 1.29 is 4.39 Å². The minimum absolute atomic E-state index is 0.134. The van der Waals surface area contributed by atoms with Crippen LogP contribution in [0.15, 0.2) is 22.8 Å². The first-order valence-corrected chi connectivity index (χ1v) is 8.07. The Bertz CT molecular complexity index is 502. The van der Waals surface area contributed by atoms with Crippen LogP contribution >= 0.6 is 57.9 Å². The lowest BCUT2D eigenvalue weighted by Gasteiger charge is -2.02. The molecule has 0 aliphatic carbocycles. The maximum atomic E-state index is 13.7. The Hall–Kier alpha value is 0.540. The van der Waals surface area contributed by atoms with E-state index in [1.165, 1.54) is 9.12 Å². The number of aromatic nitrogens is 1. The molecule has 0 aliphatic heterocycles. The van der Waals surface area contributed by atoms with Crippen molar-refractivity contribution in [3.63, 3.8) is 0 Å². The molecule has 1 aromatic carbocycles. The van der Waals surface area contributed by atoms with Crippen molar-refractivity contribution in [2.24, 2.45) is 0 Å². The monoisotopic (exact) mass is 405 g/mol. The summed E-state index contributed by atoms with van der Waals surface area (Å²) in [5, 5.41) is 0.964. The third-order valence-corrected chi connectivity index (χ3v) is 4.51. The largest absolute Gasteiger partial charge is 0.279 e. The van der Waals surface area contributed by atoms with Gasteiger partial charge in [0.05, 0.1) is 10.5 Å². The Balaban J connectivity index is 2.92. The molecule has 6 heteroatoms. The van der Waals surface area contributed by atoms with Gasteiger partial charge in [0.25, 0.3) is 0 Å². The second-order valence-electron chi connectivity index (χ2n) is 2.63. The molecule has 0 atom stereocenters. The van der Waals surface area contributed by atoms with Gasteiger partial charge in [0.15, 0.2) is 5.82 Å². The van der Waals surface area contributed by atoms with E-state index in [0.29, 0.717) is 5.52 Å². The number of benzene rings is 1. The highest BCUT2D eigenvalue weighted by molar-refractivity contribution is 14.2. The second kappa shape index (κ2) is 4.19. The number of rotatable bonds is 1. The summed E-state index contributed by atoms with van der Waals surface area (Å²) in [6.45, 7) is 0. The second-order valence-corrected chi connectivity index (χ2v) is 5.60. The molecule has 0 N–H and O–H groups in total. The Kier molecular flexibility index (Phi) is 3.30. The Labute approximate surface area is 110 Å². The molecule has 0 amide bonds. The van der Waals surface area contributed by atoms with Crippen molar-refractivity contribution in [2.45, 2.75) is 0 Å². The number of nitrogens with zero attached hydrogens (tertiary/aromatic N) is 1. The van der Waals surface area contributed by atoms with E-state index < -0.39 is 0 Å². The van der Waals surface area contributed by atoms with Gasteiger partial charge < -0.3 is 0 Å². The van der Waals surface area contributed by atoms with Gasteiger partial charge in [-0.2, -0.15) is 0 Å². The van der Waals surface area contributed by atoms with E-state index in [1.54, 1.807) is 10.0 Å². The normalized spacial score (nSPS) is 11.1. The van der Waals surface area contributed by atoms with Gasteiger partial charge in [0, 0.05) is 46.4 Å². The van der Waals surface area contributed by atoms with Crippen LogP contribution in [0.5, 0.6) is 0 Å². The first-order chi connectivity index (χ1) is 6.65. The van der Waals surface area contributed by atoms with Crippen LogP contribution in [-0.2, 0) is 0 Å². The molecule has 74 valence electrons. The number of halogens is 4. The van der Waals surface area contributed by atoms with Crippen molar-refractivity contribution in [1.29, 1.82) is 0 Å². The number of hydrogen-bond donors (Lipinski definition) is 0. The van der Waals surface area contributed by atoms with Crippen molar-refractivity contribution >= 4 is 68.8 Å². The van der Waals surface area contributed by atoms with E-state index in [4.69, 9.17) is 11.6 Å². The zero-order valence-electron chi connectivity index (χ0n) is 6.60. The fourth-order valence-corrected chi connectivity index (χ4v) is 3.46. The molecule has 0 bridgehead atoms. The van der Waals surface area contributed by atoms with E-state index in [9.17, 15) is 4.39 Å². The summed E-state index contributed by atoms with van der Waals surface area (Å²) >= 11 is 11.2. The first kappa shape index (κ1) is 11.0. The summed E-state index contributed by atoms with van der Waals surface area (Å²) in [5.74, 6) is -0.376. The van der Waals surface area contributed by atoms with Crippen LogP contribution in [0.2, 0.25) is 5.02 Å². The molecular formula is C8H3BrClFINS. The van der Waals surface area contributed by atoms with Gasteiger partial charge in [-0.05, 0) is 12.1 Å². The zero-order chi connectivity index (χ0) is 10.3. The first-order valence-electron chi connectivity index (χ1n) is 3.58. The highest BCUT2D eigenvalue weighted by atomic mass is 127. The molecule has 0 spiro atoms. The summed E-state index contributed by atoms with van der Waals surface area (Å²) in [4.78, 5) is 0. The molecule has 14 heavy (non-hydrogen) atoms. The average molecular weight is 406 g/mol. The van der Waals surface area contributed by atoms with Crippen LogP contribution in [0.4, 0.5) is 4.39 Å². The van der Waals surface area contributed by atoms with Crippen LogP contribution in [0.3, 0.4) is 0 Å². The van der Waals surface area contributed by atoms with E-state index in [0.717, 1.165) is 9.86 Å². The van der Waals surface area contributed by atoms with E-state index in [2.05, 4.69) is 37.1 Å². The summed E-state index contributed by atoms with van der Waals surface area (Å²) in [7, 11) is 1.40. The van der Waals surface area contributed by atoms with Gasteiger partial charge in [-0.25, -0.2) is 4.39 Å². The molecule has 1 nitrogen and oxygen atoms in total. The van der Waals surface area contributed by atoms with Crippen LogP contribution < -0.4 is 0 Å². The van der Waals surface area contributed by atoms with E-state index in [1.807, 2.05) is 12.3 Å². The highest BCUT2D eigenvalue weighted by Gasteiger charge is 2.13. The molecule has 0 aliphatic rings. The number of fused-ring (bicyclic) bond motifs is 1. The van der Waals surface area contributed by atoms with E-state index >= 15 is 0 Å². The Morgan fingerprint density at radius 2 is 2.29 bits per heavy atom. The molecular weight excluding hydrogens is 403 g/mol. The van der Waals surface area contributed by atoms with Crippen LogP contribution in [0.25, 0.3) is 10.9 Å².